The Morgan fingerprint density at radius 3 is 2.85 bits per heavy atom. The van der Waals surface area contributed by atoms with Gasteiger partial charge in [0.25, 0.3) is 5.56 Å². The highest BCUT2D eigenvalue weighted by atomic mass is 35.5. The van der Waals surface area contributed by atoms with Crippen LogP contribution in [-0.4, -0.2) is 34.3 Å². The van der Waals surface area contributed by atoms with Gasteiger partial charge in [0.05, 0.1) is 16.6 Å². The van der Waals surface area contributed by atoms with Gasteiger partial charge in [0.1, 0.15) is 6.33 Å². The van der Waals surface area contributed by atoms with E-state index in [1.165, 1.54) is 10.9 Å². The minimum absolute atomic E-state index is 0.254. The SMILES string of the molecule is Cc1nn2c(ncc3c(=O)n(-c4ncn[nH]4)ccc32)c1-c1cccc(Cl)c1. The summed E-state index contributed by atoms with van der Waals surface area (Å²) in [5, 5.41) is 12.1. The number of H-pyrrole nitrogens is 1. The van der Waals surface area contributed by atoms with E-state index in [9.17, 15) is 4.79 Å². The average Bonchev–Trinajstić information content (AvgIpc) is 3.29. The molecule has 5 aromatic rings. The van der Waals surface area contributed by atoms with Crippen molar-refractivity contribution in [1.29, 1.82) is 0 Å². The van der Waals surface area contributed by atoms with Gasteiger partial charge in [0, 0.05) is 23.0 Å². The van der Waals surface area contributed by atoms with Gasteiger partial charge in [-0.25, -0.2) is 14.6 Å². The maximum atomic E-state index is 12.9. The second-order valence-corrected chi connectivity index (χ2v) is 6.50. The average molecular weight is 378 g/mol. The number of aromatic amines is 1. The van der Waals surface area contributed by atoms with E-state index in [2.05, 4.69) is 25.3 Å². The van der Waals surface area contributed by atoms with Crippen LogP contribution in [0.25, 0.3) is 33.6 Å². The number of aromatic nitrogens is 7. The predicted octanol–water partition coefficient (Wildman–Crippen LogP) is 2.78. The second-order valence-electron chi connectivity index (χ2n) is 6.06. The molecule has 9 heteroatoms. The van der Waals surface area contributed by atoms with Crippen molar-refractivity contribution < 1.29 is 0 Å². The lowest BCUT2D eigenvalue weighted by atomic mass is 10.1. The van der Waals surface area contributed by atoms with Crippen LogP contribution < -0.4 is 5.56 Å². The van der Waals surface area contributed by atoms with Gasteiger partial charge in [-0.2, -0.15) is 15.2 Å². The first-order valence-corrected chi connectivity index (χ1v) is 8.52. The summed E-state index contributed by atoms with van der Waals surface area (Å²) in [5.41, 5.74) is 3.69. The van der Waals surface area contributed by atoms with Crippen molar-refractivity contribution in [2.45, 2.75) is 6.92 Å². The molecule has 1 aromatic carbocycles. The van der Waals surface area contributed by atoms with Gasteiger partial charge in [-0.05, 0) is 30.7 Å². The third-order valence-electron chi connectivity index (χ3n) is 4.43. The third-order valence-corrected chi connectivity index (χ3v) is 4.67. The summed E-state index contributed by atoms with van der Waals surface area (Å²) >= 11 is 6.14. The van der Waals surface area contributed by atoms with E-state index in [4.69, 9.17) is 11.6 Å². The number of rotatable bonds is 2. The molecule has 0 aliphatic carbocycles. The van der Waals surface area contributed by atoms with E-state index in [-0.39, 0.29) is 5.56 Å². The number of aryl methyl sites for hydroxylation is 1. The smallest absolute Gasteiger partial charge is 0.268 e. The summed E-state index contributed by atoms with van der Waals surface area (Å²) in [5.74, 6) is 0.346. The summed E-state index contributed by atoms with van der Waals surface area (Å²) in [6.45, 7) is 1.91. The van der Waals surface area contributed by atoms with Crippen LogP contribution in [0, 0.1) is 6.92 Å². The maximum absolute atomic E-state index is 12.9. The Bertz CT molecular complexity index is 1370. The number of hydrogen-bond donors (Lipinski definition) is 1. The zero-order chi connectivity index (χ0) is 18.5. The Balaban J connectivity index is 1.81. The van der Waals surface area contributed by atoms with Gasteiger partial charge in [0.15, 0.2) is 5.65 Å². The number of benzene rings is 1. The highest BCUT2D eigenvalue weighted by molar-refractivity contribution is 6.30. The summed E-state index contributed by atoms with van der Waals surface area (Å²) < 4.78 is 3.07. The van der Waals surface area contributed by atoms with Crippen molar-refractivity contribution in [3.05, 3.63) is 70.1 Å². The molecule has 8 nitrogen and oxygen atoms in total. The molecule has 0 fully saturated rings. The fraction of sp³-hybridized carbons (Fsp3) is 0.0556. The van der Waals surface area contributed by atoms with Crippen molar-refractivity contribution in [2.75, 3.05) is 0 Å². The van der Waals surface area contributed by atoms with E-state index in [1.54, 1.807) is 16.9 Å². The van der Waals surface area contributed by atoms with Crippen LogP contribution >= 0.6 is 11.6 Å². The van der Waals surface area contributed by atoms with Gasteiger partial charge in [-0.15, -0.1) is 0 Å². The number of nitrogens with one attached hydrogen (secondary N) is 1. The Morgan fingerprint density at radius 1 is 1.19 bits per heavy atom. The lowest BCUT2D eigenvalue weighted by Crippen LogP contribution is -2.19. The first kappa shape index (κ1) is 15.7. The van der Waals surface area contributed by atoms with Crippen molar-refractivity contribution in [3.8, 4) is 17.1 Å². The molecule has 0 radical (unpaired) electrons. The van der Waals surface area contributed by atoms with Gasteiger partial charge in [0.2, 0.25) is 5.95 Å². The fourth-order valence-corrected chi connectivity index (χ4v) is 3.43. The minimum Gasteiger partial charge on any atom is -0.268 e. The molecule has 1 N–H and O–H groups in total. The number of halogens is 1. The molecule has 27 heavy (non-hydrogen) atoms. The van der Waals surface area contributed by atoms with E-state index in [0.717, 1.165) is 16.8 Å². The molecule has 0 amide bonds. The standard InChI is InChI=1S/C18H12ClN7O/c1-10-15(11-3-2-4-12(19)7-11)16-20-8-13-14(26(16)24-10)5-6-25(17(13)27)18-21-9-22-23-18/h2-9H,1H3,(H,21,22,23). The van der Waals surface area contributed by atoms with Crippen LogP contribution in [0.15, 0.2) is 53.8 Å². The molecular weight excluding hydrogens is 366 g/mol. The Hall–Kier alpha value is -3.52. The summed E-state index contributed by atoms with van der Waals surface area (Å²) in [6.07, 6.45) is 4.55. The molecule has 0 bridgehead atoms. The maximum Gasteiger partial charge on any atom is 0.268 e. The molecule has 0 aliphatic rings. The van der Waals surface area contributed by atoms with Crippen LogP contribution in [-0.2, 0) is 0 Å². The van der Waals surface area contributed by atoms with E-state index < -0.39 is 0 Å². The Kier molecular flexibility index (Phi) is 3.34. The monoisotopic (exact) mass is 377 g/mol. The molecule has 0 saturated heterocycles. The quantitative estimate of drug-likeness (QED) is 0.510. The normalized spacial score (nSPS) is 11.5. The van der Waals surface area contributed by atoms with Gasteiger partial charge in [-0.3, -0.25) is 9.36 Å². The van der Waals surface area contributed by atoms with Crippen molar-refractivity contribution in [2.24, 2.45) is 0 Å². The highest BCUT2D eigenvalue weighted by Crippen LogP contribution is 2.30. The fourth-order valence-electron chi connectivity index (χ4n) is 3.24. The first-order chi connectivity index (χ1) is 13.1. The molecule has 0 aliphatic heterocycles. The highest BCUT2D eigenvalue weighted by Gasteiger charge is 2.17. The Labute approximate surface area is 157 Å². The topological polar surface area (TPSA) is 93.8 Å². The minimum atomic E-state index is -0.254. The van der Waals surface area contributed by atoms with E-state index >= 15 is 0 Å². The molecule has 0 atom stereocenters. The van der Waals surface area contributed by atoms with Crippen LogP contribution in [0.4, 0.5) is 0 Å². The van der Waals surface area contributed by atoms with E-state index in [1.807, 2.05) is 37.3 Å². The van der Waals surface area contributed by atoms with Crippen LogP contribution in [0.2, 0.25) is 5.02 Å². The number of fused-ring (bicyclic) bond motifs is 3. The Morgan fingerprint density at radius 2 is 2.07 bits per heavy atom. The zero-order valence-electron chi connectivity index (χ0n) is 14.1. The first-order valence-electron chi connectivity index (χ1n) is 8.15. The van der Waals surface area contributed by atoms with Crippen molar-refractivity contribution in [3.63, 3.8) is 0 Å². The molecular formula is C18H12ClN7O. The second kappa shape index (κ2) is 5.75. The molecule has 0 unspecified atom stereocenters. The van der Waals surface area contributed by atoms with E-state index in [0.29, 0.717) is 27.5 Å². The third kappa shape index (κ3) is 2.34. The predicted molar refractivity (Wildman–Crippen MR) is 101 cm³/mol. The van der Waals surface area contributed by atoms with Crippen molar-refractivity contribution in [1.82, 2.24) is 34.3 Å². The zero-order valence-corrected chi connectivity index (χ0v) is 14.8. The van der Waals surface area contributed by atoms with Crippen LogP contribution in [0.3, 0.4) is 0 Å². The molecule has 0 saturated carbocycles. The molecule has 132 valence electrons. The van der Waals surface area contributed by atoms with Gasteiger partial charge < -0.3 is 0 Å². The van der Waals surface area contributed by atoms with Gasteiger partial charge in [-0.1, -0.05) is 23.7 Å². The molecule has 5 rings (SSSR count). The van der Waals surface area contributed by atoms with Crippen molar-refractivity contribution >= 4 is 28.2 Å². The summed E-state index contributed by atoms with van der Waals surface area (Å²) in [4.78, 5) is 21.4. The largest absolute Gasteiger partial charge is 0.268 e. The lowest BCUT2D eigenvalue weighted by molar-refractivity contribution is 0.892. The summed E-state index contributed by atoms with van der Waals surface area (Å²) in [6, 6.07) is 9.35. The van der Waals surface area contributed by atoms with Crippen LogP contribution in [0.5, 0.6) is 0 Å². The molecule has 4 aromatic heterocycles. The number of hydrogen-bond acceptors (Lipinski definition) is 5. The number of pyridine rings is 1. The number of nitrogens with zero attached hydrogens (tertiary/aromatic N) is 6. The molecule has 4 heterocycles. The van der Waals surface area contributed by atoms with Crippen LogP contribution in [0.1, 0.15) is 5.69 Å². The lowest BCUT2D eigenvalue weighted by Gasteiger charge is -2.05. The molecule has 0 spiro atoms. The summed E-state index contributed by atoms with van der Waals surface area (Å²) in [7, 11) is 0. The van der Waals surface area contributed by atoms with Gasteiger partial charge >= 0.3 is 0 Å².